The number of rotatable bonds is 0. The molecule has 1 aromatic rings. The molecule has 0 aliphatic carbocycles. The maximum atomic E-state index is 12.0. The minimum absolute atomic E-state index is 0.329. The predicted octanol–water partition coefficient (Wildman–Crippen LogP) is 2.21. The Bertz CT molecular complexity index is 440. The van der Waals surface area contributed by atoms with E-state index in [0.29, 0.717) is 19.7 Å². The number of ether oxygens (including phenoxy) is 2. The van der Waals surface area contributed by atoms with Crippen molar-refractivity contribution >= 4 is 6.09 Å². The number of pyridine rings is 1. The first kappa shape index (κ1) is 12.7. The van der Waals surface area contributed by atoms with Crippen molar-refractivity contribution in [3.05, 3.63) is 24.0 Å². The summed E-state index contributed by atoms with van der Waals surface area (Å²) in [6.07, 6.45) is 1.37. The van der Waals surface area contributed by atoms with Gasteiger partial charge in [0, 0.05) is 6.20 Å². The second-order valence-electron chi connectivity index (χ2n) is 5.20. The van der Waals surface area contributed by atoms with E-state index in [1.807, 2.05) is 32.9 Å². The highest BCUT2D eigenvalue weighted by Crippen LogP contribution is 2.21. The number of carbonyl (C=O) groups is 1. The van der Waals surface area contributed by atoms with Crippen LogP contribution in [-0.4, -0.2) is 34.7 Å². The van der Waals surface area contributed by atoms with Gasteiger partial charge >= 0.3 is 6.09 Å². The Morgan fingerprint density at radius 1 is 1.50 bits per heavy atom. The van der Waals surface area contributed by atoms with Gasteiger partial charge in [-0.1, -0.05) is 0 Å². The number of aromatic nitrogens is 1. The zero-order chi connectivity index (χ0) is 13.2. The molecular formula is C13H18N2O3. The molecule has 0 saturated carbocycles. The molecule has 1 amide bonds. The van der Waals surface area contributed by atoms with Crippen LogP contribution in [-0.2, 0) is 11.3 Å². The smallest absolute Gasteiger partial charge is 0.410 e. The summed E-state index contributed by atoms with van der Waals surface area (Å²) >= 11 is 0. The van der Waals surface area contributed by atoms with Crippen LogP contribution in [0, 0.1) is 0 Å². The molecule has 0 aromatic carbocycles. The predicted molar refractivity (Wildman–Crippen MR) is 66.4 cm³/mol. The fraction of sp³-hybridized carbons (Fsp3) is 0.538. The summed E-state index contributed by atoms with van der Waals surface area (Å²) in [6, 6.07) is 3.68. The van der Waals surface area contributed by atoms with Crippen molar-refractivity contribution in [2.75, 3.05) is 13.2 Å². The van der Waals surface area contributed by atoms with Crippen molar-refractivity contribution in [2.45, 2.75) is 32.9 Å². The average Bonchev–Trinajstić information content (AvgIpc) is 2.48. The summed E-state index contributed by atoms with van der Waals surface area (Å²) in [6.45, 7) is 6.94. The zero-order valence-corrected chi connectivity index (χ0v) is 11.0. The van der Waals surface area contributed by atoms with Crippen molar-refractivity contribution < 1.29 is 14.3 Å². The lowest BCUT2D eigenvalue weighted by Crippen LogP contribution is -2.37. The van der Waals surface area contributed by atoms with Gasteiger partial charge in [-0.3, -0.25) is 9.88 Å². The molecule has 0 bridgehead atoms. The average molecular weight is 250 g/mol. The van der Waals surface area contributed by atoms with Crippen molar-refractivity contribution in [3.8, 4) is 5.75 Å². The van der Waals surface area contributed by atoms with Gasteiger partial charge in [0.15, 0.2) is 0 Å². The minimum atomic E-state index is -0.489. The first-order chi connectivity index (χ1) is 8.46. The molecule has 0 fully saturated rings. The van der Waals surface area contributed by atoms with Gasteiger partial charge in [0.25, 0.3) is 0 Å². The zero-order valence-electron chi connectivity index (χ0n) is 11.0. The van der Waals surface area contributed by atoms with E-state index in [4.69, 9.17) is 9.47 Å². The first-order valence-corrected chi connectivity index (χ1v) is 6.00. The van der Waals surface area contributed by atoms with Crippen LogP contribution in [0.3, 0.4) is 0 Å². The van der Waals surface area contributed by atoms with Gasteiger partial charge < -0.3 is 9.47 Å². The third-order valence-corrected chi connectivity index (χ3v) is 2.46. The third-order valence-electron chi connectivity index (χ3n) is 2.46. The summed E-state index contributed by atoms with van der Waals surface area (Å²) in [5, 5.41) is 0. The van der Waals surface area contributed by atoms with Crippen molar-refractivity contribution in [3.63, 3.8) is 0 Å². The van der Waals surface area contributed by atoms with E-state index in [0.717, 1.165) is 11.4 Å². The Balaban J connectivity index is 2.10. The first-order valence-electron chi connectivity index (χ1n) is 6.00. The lowest BCUT2D eigenvalue weighted by Gasteiger charge is -2.25. The highest BCUT2D eigenvalue weighted by Gasteiger charge is 2.25. The van der Waals surface area contributed by atoms with Crippen LogP contribution < -0.4 is 4.74 Å². The van der Waals surface area contributed by atoms with Gasteiger partial charge in [0.1, 0.15) is 23.7 Å². The Morgan fingerprint density at radius 2 is 2.28 bits per heavy atom. The molecule has 0 N–H and O–H groups in total. The largest absolute Gasteiger partial charge is 0.490 e. The topological polar surface area (TPSA) is 51.7 Å². The van der Waals surface area contributed by atoms with Gasteiger partial charge in [0.05, 0.1) is 13.1 Å². The summed E-state index contributed by atoms with van der Waals surface area (Å²) in [7, 11) is 0. The second kappa shape index (κ2) is 4.84. The highest BCUT2D eigenvalue weighted by molar-refractivity contribution is 5.68. The summed E-state index contributed by atoms with van der Waals surface area (Å²) < 4.78 is 10.9. The van der Waals surface area contributed by atoms with Gasteiger partial charge in [-0.2, -0.15) is 0 Å². The molecule has 98 valence electrons. The molecule has 0 spiro atoms. The Hall–Kier alpha value is -1.78. The van der Waals surface area contributed by atoms with E-state index in [1.54, 1.807) is 11.1 Å². The molecule has 1 aliphatic heterocycles. The monoisotopic (exact) mass is 250 g/mol. The molecule has 0 saturated heterocycles. The molecule has 1 aromatic heterocycles. The number of hydrogen-bond donors (Lipinski definition) is 0. The van der Waals surface area contributed by atoms with Crippen LogP contribution in [0.25, 0.3) is 0 Å². The molecule has 0 unspecified atom stereocenters. The number of fused-ring (bicyclic) bond motifs is 1. The van der Waals surface area contributed by atoms with Crippen molar-refractivity contribution in [1.82, 2.24) is 9.88 Å². The van der Waals surface area contributed by atoms with Crippen LogP contribution in [0.4, 0.5) is 4.79 Å². The van der Waals surface area contributed by atoms with Crippen LogP contribution in [0.5, 0.6) is 5.75 Å². The third kappa shape index (κ3) is 3.12. The molecule has 1 aliphatic rings. The Kier molecular flexibility index (Phi) is 3.41. The number of hydrogen-bond acceptors (Lipinski definition) is 4. The highest BCUT2D eigenvalue weighted by atomic mass is 16.6. The minimum Gasteiger partial charge on any atom is -0.490 e. The van der Waals surface area contributed by atoms with Gasteiger partial charge in [-0.25, -0.2) is 4.79 Å². The van der Waals surface area contributed by atoms with Crippen LogP contribution in [0.2, 0.25) is 0 Å². The summed E-state index contributed by atoms with van der Waals surface area (Å²) in [5.74, 6) is 0.739. The Morgan fingerprint density at radius 3 is 3.00 bits per heavy atom. The fourth-order valence-electron chi connectivity index (χ4n) is 1.68. The van der Waals surface area contributed by atoms with E-state index in [1.165, 1.54) is 0 Å². The standard InChI is InChI=1S/C13H18N2O3/c1-13(2,3)18-12(16)15-7-8-17-11-5-4-6-14-10(11)9-15/h4-6H,7-9H2,1-3H3. The molecule has 5 nitrogen and oxygen atoms in total. The van der Waals surface area contributed by atoms with E-state index < -0.39 is 5.60 Å². The van der Waals surface area contributed by atoms with Crippen molar-refractivity contribution in [2.24, 2.45) is 0 Å². The maximum Gasteiger partial charge on any atom is 0.410 e. The maximum absolute atomic E-state index is 12.0. The van der Waals surface area contributed by atoms with Gasteiger partial charge in [-0.05, 0) is 32.9 Å². The quantitative estimate of drug-likeness (QED) is 0.708. The summed E-state index contributed by atoms with van der Waals surface area (Å²) in [4.78, 5) is 17.8. The van der Waals surface area contributed by atoms with E-state index in [2.05, 4.69) is 4.98 Å². The number of amides is 1. The summed E-state index contributed by atoms with van der Waals surface area (Å²) in [5.41, 5.74) is 0.276. The number of nitrogens with zero attached hydrogens (tertiary/aromatic N) is 2. The Labute approximate surface area is 107 Å². The van der Waals surface area contributed by atoms with Crippen LogP contribution >= 0.6 is 0 Å². The van der Waals surface area contributed by atoms with Crippen molar-refractivity contribution in [1.29, 1.82) is 0 Å². The molecule has 0 radical (unpaired) electrons. The SMILES string of the molecule is CC(C)(C)OC(=O)N1CCOc2cccnc2C1. The second-order valence-corrected chi connectivity index (χ2v) is 5.20. The molecule has 5 heteroatoms. The van der Waals surface area contributed by atoms with Gasteiger partial charge in [0.2, 0.25) is 0 Å². The molecule has 18 heavy (non-hydrogen) atoms. The van der Waals surface area contributed by atoms with E-state index >= 15 is 0 Å². The molecule has 0 atom stereocenters. The van der Waals surface area contributed by atoms with Gasteiger partial charge in [-0.15, -0.1) is 0 Å². The van der Waals surface area contributed by atoms with E-state index in [9.17, 15) is 4.79 Å². The van der Waals surface area contributed by atoms with Crippen LogP contribution in [0.15, 0.2) is 18.3 Å². The molecule has 2 heterocycles. The lowest BCUT2D eigenvalue weighted by atomic mass is 10.2. The van der Waals surface area contributed by atoms with Crippen LogP contribution in [0.1, 0.15) is 26.5 Å². The molecular weight excluding hydrogens is 232 g/mol. The normalized spacial score (nSPS) is 15.4. The fourth-order valence-corrected chi connectivity index (χ4v) is 1.68. The van der Waals surface area contributed by atoms with E-state index in [-0.39, 0.29) is 6.09 Å². The molecule has 2 rings (SSSR count). The number of carbonyl (C=O) groups excluding carboxylic acids is 1. The lowest BCUT2D eigenvalue weighted by molar-refractivity contribution is 0.0224.